The highest BCUT2D eigenvalue weighted by Gasteiger charge is 2.38. The molecule has 2 aromatic rings. The number of alkyl halides is 3. The lowest BCUT2D eigenvalue weighted by Gasteiger charge is -2.11. The van der Waals surface area contributed by atoms with E-state index in [0.29, 0.717) is 11.3 Å². The third-order valence-electron chi connectivity index (χ3n) is 3.57. The number of hydrogen-bond acceptors (Lipinski definition) is 4. The third-order valence-corrected chi connectivity index (χ3v) is 3.92. The number of aromatic nitrogens is 1. The summed E-state index contributed by atoms with van der Waals surface area (Å²) in [5, 5.41) is 3.77. The van der Waals surface area contributed by atoms with E-state index in [4.69, 9.17) is 9.42 Å². The molecule has 23 heavy (non-hydrogen) atoms. The molecule has 1 aliphatic carbocycles. The van der Waals surface area contributed by atoms with Crippen molar-refractivity contribution >= 4 is 8.25 Å². The van der Waals surface area contributed by atoms with Gasteiger partial charge < -0.3 is 4.52 Å². The van der Waals surface area contributed by atoms with Gasteiger partial charge in [-0.2, -0.15) is 13.2 Å². The predicted octanol–water partition coefficient (Wildman–Crippen LogP) is 4.40. The van der Waals surface area contributed by atoms with Crippen LogP contribution in [0.4, 0.5) is 13.2 Å². The molecule has 0 aliphatic heterocycles. The van der Waals surface area contributed by atoms with Gasteiger partial charge in [0.15, 0.2) is 0 Å². The second-order valence-electron chi connectivity index (χ2n) is 5.20. The number of rotatable bonds is 5. The minimum absolute atomic E-state index is 0.00308. The second-order valence-corrected chi connectivity index (χ2v) is 5.94. The molecule has 3 rings (SSSR count). The van der Waals surface area contributed by atoms with Crippen LogP contribution in [0.25, 0.3) is 11.3 Å². The fraction of sp³-hybridized carbons (Fsp3) is 0.357. The first-order valence-corrected chi connectivity index (χ1v) is 7.95. The number of benzene rings is 1. The lowest BCUT2D eigenvalue weighted by atomic mass is 9.99. The lowest BCUT2D eigenvalue weighted by molar-refractivity contribution is -0.137. The minimum Gasteiger partial charge on any atom is -0.360 e. The van der Waals surface area contributed by atoms with Crippen molar-refractivity contribution in [3.8, 4) is 11.3 Å². The summed E-state index contributed by atoms with van der Waals surface area (Å²) in [6, 6.07) is 5.00. The van der Waals surface area contributed by atoms with E-state index in [0.717, 1.165) is 18.9 Å². The molecule has 122 valence electrons. The summed E-state index contributed by atoms with van der Waals surface area (Å²) in [6.07, 6.45) is -2.86. The van der Waals surface area contributed by atoms with Crippen molar-refractivity contribution in [1.29, 1.82) is 0 Å². The summed E-state index contributed by atoms with van der Waals surface area (Å²) in [5.74, 6) is 0.498. The Hall–Kier alpha value is -1.76. The molecule has 1 heterocycles. The van der Waals surface area contributed by atoms with Gasteiger partial charge in [0, 0.05) is 16.0 Å². The average molecular weight is 346 g/mol. The maximum atomic E-state index is 13.2. The first kappa shape index (κ1) is 16.1. The van der Waals surface area contributed by atoms with E-state index in [-0.39, 0.29) is 23.8 Å². The first-order valence-electron chi connectivity index (χ1n) is 6.82. The molecule has 0 spiro atoms. The molecule has 1 fully saturated rings. The molecule has 5 nitrogen and oxygen atoms in total. The van der Waals surface area contributed by atoms with Crippen LogP contribution in [-0.2, 0) is 21.9 Å². The molecule has 0 saturated heterocycles. The van der Waals surface area contributed by atoms with Crippen molar-refractivity contribution in [3.05, 3.63) is 41.2 Å². The van der Waals surface area contributed by atoms with Crippen molar-refractivity contribution in [2.75, 3.05) is 0 Å². The minimum atomic E-state index is -4.55. The molecule has 1 unspecified atom stereocenters. The highest BCUT2D eigenvalue weighted by Crippen LogP contribution is 2.46. The summed E-state index contributed by atoms with van der Waals surface area (Å²) in [6.45, 7) is -0.331. The SMILES string of the molecule is O=[P+](O)OCc1c(-c2ccccc2C(F)(F)F)noc1C1CC1. The van der Waals surface area contributed by atoms with Crippen LogP contribution in [0, 0.1) is 0 Å². The smallest absolute Gasteiger partial charge is 0.360 e. The number of hydrogen-bond donors (Lipinski definition) is 1. The first-order chi connectivity index (χ1) is 10.9. The van der Waals surface area contributed by atoms with E-state index in [1.165, 1.54) is 18.2 Å². The van der Waals surface area contributed by atoms with Gasteiger partial charge >= 0.3 is 14.4 Å². The van der Waals surface area contributed by atoms with Gasteiger partial charge in [-0.25, -0.2) is 0 Å². The molecule has 0 amide bonds. The van der Waals surface area contributed by atoms with E-state index in [2.05, 4.69) is 9.68 Å². The van der Waals surface area contributed by atoms with Crippen molar-refractivity contribution in [2.24, 2.45) is 0 Å². The van der Waals surface area contributed by atoms with Crippen LogP contribution in [0.1, 0.15) is 35.6 Å². The zero-order valence-electron chi connectivity index (χ0n) is 11.7. The second kappa shape index (κ2) is 6.03. The van der Waals surface area contributed by atoms with Gasteiger partial charge in [-0.15, -0.1) is 9.42 Å². The Morgan fingerprint density at radius 1 is 1.35 bits per heavy atom. The van der Waals surface area contributed by atoms with Crippen molar-refractivity contribution < 1.29 is 31.7 Å². The Kier molecular flexibility index (Phi) is 4.23. The van der Waals surface area contributed by atoms with E-state index >= 15 is 0 Å². The van der Waals surface area contributed by atoms with Gasteiger partial charge in [-0.1, -0.05) is 23.4 Å². The molecule has 1 N–H and O–H groups in total. The van der Waals surface area contributed by atoms with Gasteiger partial charge in [0.2, 0.25) is 0 Å². The van der Waals surface area contributed by atoms with E-state index in [1.54, 1.807) is 0 Å². The molecule has 0 bridgehead atoms. The van der Waals surface area contributed by atoms with Crippen LogP contribution >= 0.6 is 8.25 Å². The van der Waals surface area contributed by atoms with Gasteiger partial charge in [-0.05, 0) is 18.9 Å². The lowest BCUT2D eigenvalue weighted by Crippen LogP contribution is -2.07. The standard InChI is InChI=1S/C14H11F3NO4P/c15-14(16,17)11-4-2-1-3-9(11)12-10(7-21-23(19)20)13(22-18-12)8-5-6-8/h1-4,8H,5-7H2/p+1. The molecule has 1 aromatic carbocycles. The fourth-order valence-corrected chi connectivity index (χ4v) is 2.64. The normalized spacial score (nSPS) is 15.7. The molecule has 1 aromatic heterocycles. The van der Waals surface area contributed by atoms with Gasteiger partial charge in [-0.3, -0.25) is 0 Å². The van der Waals surface area contributed by atoms with Gasteiger partial charge in [0.05, 0.1) is 11.1 Å². The van der Waals surface area contributed by atoms with Crippen LogP contribution < -0.4 is 0 Å². The third kappa shape index (κ3) is 3.44. The average Bonchev–Trinajstić information content (AvgIpc) is 3.24. The fourth-order valence-electron chi connectivity index (χ4n) is 2.40. The topological polar surface area (TPSA) is 72.6 Å². The van der Waals surface area contributed by atoms with Crippen molar-refractivity contribution in [3.63, 3.8) is 0 Å². The Morgan fingerprint density at radius 2 is 2.04 bits per heavy atom. The summed E-state index contributed by atoms with van der Waals surface area (Å²) in [7, 11) is -2.87. The highest BCUT2D eigenvalue weighted by molar-refractivity contribution is 7.32. The van der Waals surface area contributed by atoms with E-state index in [1.807, 2.05) is 0 Å². The van der Waals surface area contributed by atoms with Gasteiger partial charge in [0.25, 0.3) is 0 Å². The van der Waals surface area contributed by atoms with Crippen LogP contribution in [0.3, 0.4) is 0 Å². The van der Waals surface area contributed by atoms with Crippen LogP contribution in [0.15, 0.2) is 28.8 Å². The number of nitrogens with zero attached hydrogens (tertiary/aromatic N) is 1. The molecule has 9 heteroatoms. The highest BCUT2D eigenvalue weighted by atomic mass is 31.1. The van der Waals surface area contributed by atoms with Crippen LogP contribution in [0.2, 0.25) is 0 Å². The largest absolute Gasteiger partial charge is 0.695 e. The van der Waals surface area contributed by atoms with Crippen molar-refractivity contribution in [2.45, 2.75) is 31.5 Å². The summed E-state index contributed by atoms with van der Waals surface area (Å²) in [5.41, 5.74) is -0.689. The molecule has 1 atom stereocenters. The Balaban J connectivity index is 2.08. The maximum Gasteiger partial charge on any atom is 0.695 e. The molecular weight excluding hydrogens is 334 g/mol. The number of halogens is 3. The molecule has 1 saturated carbocycles. The van der Waals surface area contributed by atoms with Crippen molar-refractivity contribution in [1.82, 2.24) is 5.16 Å². The van der Waals surface area contributed by atoms with Gasteiger partial charge in [0.1, 0.15) is 18.1 Å². The summed E-state index contributed by atoms with van der Waals surface area (Å²) in [4.78, 5) is 8.80. The monoisotopic (exact) mass is 346 g/mol. The summed E-state index contributed by atoms with van der Waals surface area (Å²) < 4.78 is 60.2. The Labute approximate surface area is 130 Å². The molecule has 0 radical (unpaired) electrons. The maximum absolute atomic E-state index is 13.2. The summed E-state index contributed by atoms with van der Waals surface area (Å²) >= 11 is 0. The Bertz CT molecular complexity index is 740. The zero-order valence-corrected chi connectivity index (χ0v) is 12.6. The van der Waals surface area contributed by atoms with E-state index in [9.17, 15) is 17.7 Å². The van der Waals surface area contributed by atoms with Crippen LogP contribution in [-0.4, -0.2) is 10.1 Å². The van der Waals surface area contributed by atoms with E-state index < -0.39 is 20.0 Å². The Morgan fingerprint density at radius 3 is 2.65 bits per heavy atom. The quantitative estimate of drug-likeness (QED) is 0.812. The zero-order chi connectivity index (χ0) is 16.6. The van der Waals surface area contributed by atoms with Crippen LogP contribution in [0.5, 0.6) is 0 Å². The predicted molar refractivity (Wildman–Crippen MR) is 73.5 cm³/mol. The molecule has 1 aliphatic rings. The molecular formula is C14H12F3NO4P+.